The lowest BCUT2D eigenvalue weighted by atomic mass is 9.66. The standard InChI is InChI=1S/C28H46O3Si/c1-9-10-11-12-13-17-30-24-19-23-22(18-21(24)20-29)27(5)15-14-16-28(23,6)25(27)31-32(7,8)26(2,3)4/h18-20,25H,9-17H2,1-8H3. The Morgan fingerprint density at radius 1 is 1.03 bits per heavy atom. The van der Waals surface area contributed by atoms with Gasteiger partial charge in [-0.3, -0.25) is 4.79 Å². The summed E-state index contributed by atoms with van der Waals surface area (Å²) in [6.07, 6.45) is 10.6. The van der Waals surface area contributed by atoms with E-state index < -0.39 is 8.32 Å². The number of benzene rings is 1. The molecule has 0 radical (unpaired) electrons. The van der Waals surface area contributed by atoms with Gasteiger partial charge in [0.1, 0.15) is 5.75 Å². The lowest BCUT2D eigenvalue weighted by molar-refractivity contribution is 0.0182. The van der Waals surface area contributed by atoms with Crippen LogP contribution in [0.15, 0.2) is 12.1 Å². The van der Waals surface area contributed by atoms with Crippen molar-refractivity contribution in [2.75, 3.05) is 6.61 Å². The Kier molecular flexibility index (Phi) is 7.37. The summed E-state index contributed by atoms with van der Waals surface area (Å²) in [5.41, 5.74) is 3.29. The second-order valence-corrected chi connectivity index (χ2v) is 17.0. The SMILES string of the molecule is CCCCCCCOc1cc2c(cc1C=O)C1(C)CCCC2(C)C1O[Si](C)(C)C(C)(C)C. The van der Waals surface area contributed by atoms with Crippen molar-refractivity contribution in [3.8, 4) is 5.75 Å². The van der Waals surface area contributed by atoms with E-state index in [0.29, 0.717) is 12.2 Å². The smallest absolute Gasteiger partial charge is 0.192 e. The summed E-state index contributed by atoms with van der Waals surface area (Å²) >= 11 is 0. The van der Waals surface area contributed by atoms with Crippen LogP contribution in [0.2, 0.25) is 18.1 Å². The molecule has 1 fully saturated rings. The van der Waals surface area contributed by atoms with E-state index in [1.165, 1.54) is 43.2 Å². The molecule has 2 bridgehead atoms. The second-order valence-electron chi connectivity index (χ2n) is 12.3. The van der Waals surface area contributed by atoms with Crippen LogP contribution in [-0.2, 0) is 15.3 Å². The van der Waals surface area contributed by atoms with Gasteiger partial charge in [0.05, 0.1) is 18.3 Å². The van der Waals surface area contributed by atoms with Gasteiger partial charge in [0.15, 0.2) is 14.6 Å². The zero-order valence-corrected chi connectivity index (χ0v) is 22.9. The molecule has 180 valence electrons. The van der Waals surface area contributed by atoms with Gasteiger partial charge in [0.25, 0.3) is 0 Å². The van der Waals surface area contributed by atoms with Gasteiger partial charge in [-0.25, -0.2) is 0 Å². The molecule has 1 aromatic rings. The maximum Gasteiger partial charge on any atom is 0.192 e. The Morgan fingerprint density at radius 3 is 2.19 bits per heavy atom. The highest BCUT2D eigenvalue weighted by atomic mass is 28.4. The van der Waals surface area contributed by atoms with Crippen molar-refractivity contribution >= 4 is 14.6 Å². The Bertz CT molecular complexity index is 825. The summed E-state index contributed by atoms with van der Waals surface area (Å²) in [5.74, 6) is 0.762. The molecule has 0 heterocycles. The van der Waals surface area contributed by atoms with Crippen molar-refractivity contribution in [3.05, 3.63) is 28.8 Å². The molecule has 3 nitrogen and oxygen atoms in total. The highest BCUT2D eigenvalue weighted by molar-refractivity contribution is 6.74. The van der Waals surface area contributed by atoms with Gasteiger partial charge in [0, 0.05) is 10.8 Å². The first-order valence-electron chi connectivity index (χ1n) is 12.9. The number of unbranched alkanes of at least 4 members (excludes halogenated alkanes) is 4. The van der Waals surface area contributed by atoms with Gasteiger partial charge in [0.2, 0.25) is 0 Å². The number of aldehydes is 1. The van der Waals surface area contributed by atoms with E-state index >= 15 is 0 Å². The van der Waals surface area contributed by atoms with E-state index in [2.05, 4.69) is 66.8 Å². The summed E-state index contributed by atoms with van der Waals surface area (Å²) in [6.45, 7) is 19.4. The molecular formula is C28H46O3Si. The van der Waals surface area contributed by atoms with Gasteiger partial charge < -0.3 is 9.16 Å². The first-order valence-corrected chi connectivity index (χ1v) is 15.8. The van der Waals surface area contributed by atoms with Crippen molar-refractivity contribution in [2.24, 2.45) is 0 Å². The quantitative estimate of drug-likeness (QED) is 0.203. The van der Waals surface area contributed by atoms with Crippen molar-refractivity contribution in [1.82, 2.24) is 0 Å². The van der Waals surface area contributed by atoms with Crippen molar-refractivity contribution in [2.45, 2.75) is 128 Å². The first kappa shape index (κ1) is 25.5. The Labute approximate surface area is 197 Å². The third-order valence-corrected chi connectivity index (χ3v) is 13.2. The maximum atomic E-state index is 12.0. The third kappa shape index (κ3) is 4.46. The predicted molar refractivity (Wildman–Crippen MR) is 137 cm³/mol. The molecule has 0 saturated heterocycles. The highest BCUT2D eigenvalue weighted by Gasteiger charge is 2.60. The van der Waals surface area contributed by atoms with Crippen LogP contribution >= 0.6 is 0 Å². The average molecular weight is 459 g/mol. The van der Waals surface area contributed by atoms with Crippen molar-refractivity contribution in [1.29, 1.82) is 0 Å². The van der Waals surface area contributed by atoms with E-state index in [1.807, 2.05) is 0 Å². The fourth-order valence-corrected chi connectivity index (χ4v) is 7.18. The zero-order chi connectivity index (χ0) is 23.8. The van der Waals surface area contributed by atoms with Gasteiger partial charge >= 0.3 is 0 Å². The van der Waals surface area contributed by atoms with E-state index in [1.54, 1.807) is 0 Å². The summed E-state index contributed by atoms with van der Waals surface area (Å²) in [5, 5.41) is 0.169. The van der Waals surface area contributed by atoms with Gasteiger partial charge in [-0.15, -0.1) is 0 Å². The van der Waals surface area contributed by atoms with E-state index in [4.69, 9.17) is 9.16 Å². The number of rotatable bonds is 10. The van der Waals surface area contributed by atoms with Crippen LogP contribution in [0.1, 0.15) is 114 Å². The number of hydrogen-bond acceptors (Lipinski definition) is 3. The first-order chi connectivity index (χ1) is 14.9. The summed E-state index contributed by atoms with van der Waals surface area (Å²) in [7, 11) is -1.94. The minimum Gasteiger partial charge on any atom is -0.493 e. The van der Waals surface area contributed by atoms with Crippen LogP contribution < -0.4 is 4.74 Å². The molecule has 3 unspecified atom stereocenters. The van der Waals surface area contributed by atoms with Crippen LogP contribution in [0.5, 0.6) is 5.75 Å². The molecule has 0 aromatic heterocycles. The largest absolute Gasteiger partial charge is 0.493 e. The van der Waals surface area contributed by atoms with Gasteiger partial charge in [-0.1, -0.05) is 73.6 Å². The minimum atomic E-state index is -1.94. The number of hydrogen-bond donors (Lipinski definition) is 0. The molecule has 3 atom stereocenters. The van der Waals surface area contributed by atoms with Crippen LogP contribution in [0, 0.1) is 0 Å². The average Bonchev–Trinajstić information content (AvgIpc) is 2.80. The van der Waals surface area contributed by atoms with E-state index in [9.17, 15) is 4.79 Å². The predicted octanol–water partition coefficient (Wildman–Crippen LogP) is 7.95. The fourth-order valence-electron chi connectivity index (χ4n) is 5.72. The maximum absolute atomic E-state index is 12.0. The van der Waals surface area contributed by atoms with E-state index in [-0.39, 0.29) is 22.0 Å². The molecule has 2 aliphatic carbocycles. The number of carbonyl (C=O) groups excluding carboxylic acids is 1. The van der Waals surface area contributed by atoms with Crippen LogP contribution in [0.25, 0.3) is 0 Å². The van der Waals surface area contributed by atoms with Crippen molar-refractivity contribution in [3.63, 3.8) is 0 Å². The molecule has 3 rings (SSSR count). The lowest BCUT2D eigenvalue weighted by Crippen LogP contribution is -2.55. The number of fused-ring (bicyclic) bond motifs is 5. The molecule has 0 aliphatic heterocycles. The number of carbonyl (C=O) groups is 1. The highest BCUT2D eigenvalue weighted by Crippen LogP contribution is 2.61. The monoisotopic (exact) mass is 458 g/mol. The lowest BCUT2D eigenvalue weighted by Gasteiger charge is -2.50. The van der Waals surface area contributed by atoms with Crippen LogP contribution in [0.4, 0.5) is 0 Å². The zero-order valence-electron chi connectivity index (χ0n) is 21.9. The third-order valence-electron chi connectivity index (χ3n) is 8.78. The molecule has 32 heavy (non-hydrogen) atoms. The Hall–Kier alpha value is -1.13. The Balaban J connectivity index is 1.92. The summed E-state index contributed by atoms with van der Waals surface area (Å²) in [6, 6.07) is 4.33. The van der Waals surface area contributed by atoms with Crippen LogP contribution in [-0.4, -0.2) is 27.3 Å². The number of ether oxygens (including phenoxy) is 1. The van der Waals surface area contributed by atoms with E-state index in [0.717, 1.165) is 31.3 Å². The van der Waals surface area contributed by atoms with Crippen LogP contribution in [0.3, 0.4) is 0 Å². The minimum absolute atomic E-state index is 0.0293. The topological polar surface area (TPSA) is 35.5 Å². The molecule has 4 heteroatoms. The second kappa shape index (κ2) is 9.25. The van der Waals surface area contributed by atoms with Crippen molar-refractivity contribution < 1.29 is 14.0 Å². The van der Waals surface area contributed by atoms with Gasteiger partial charge in [-0.2, -0.15) is 0 Å². The molecular weight excluding hydrogens is 412 g/mol. The molecule has 1 aromatic carbocycles. The normalized spacial score (nSPS) is 27.3. The Morgan fingerprint density at radius 2 is 1.62 bits per heavy atom. The van der Waals surface area contributed by atoms with Gasteiger partial charge in [-0.05, 0) is 60.7 Å². The molecule has 0 N–H and O–H groups in total. The fraction of sp³-hybridized carbons (Fsp3) is 0.750. The summed E-state index contributed by atoms with van der Waals surface area (Å²) in [4.78, 5) is 12.0. The molecule has 0 spiro atoms. The summed E-state index contributed by atoms with van der Waals surface area (Å²) < 4.78 is 13.4. The molecule has 2 aliphatic rings. The molecule has 0 amide bonds. The molecule has 1 saturated carbocycles.